The van der Waals surface area contributed by atoms with E-state index in [9.17, 15) is 9.59 Å². The third-order valence-electron chi connectivity index (χ3n) is 2.87. The van der Waals surface area contributed by atoms with Crippen LogP contribution in [0.2, 0.25) is 0 Å². The van der Waals surface area contributed by atoms with Crippen molar-refractivity contribution in [2.75, 3.05) is 19.7 Å². The molecule has 0 spiro atoms. The van der Waals surface area contributed by atoms with Crippen molar-refractivity contribution in [2.24, 2.45) is 0 Å². The molecule has 1 aliphatic rings. The molecule has 2 rings (SSSR count). The van der Waals surface area contributed by atoms with Crippen molar-refractivity contribution in [2.45, 2.75) is 26.1 Å². The summed E-state index contributed by atoms with van der Waals surface area (Å²) in [6.45, 7) is 4.53. The lowest BCUT2D eigenvalue weighted by molar-refractivity contribution is -0.146. The Bertz CT molecular complexity index is 491. The van der Waals surface area contributed by atoms with E-state index >= 15 is 0 Å². The number of hydrogen-bond donors (Lipinski definition) is 0. The number of rotatable bonds is 3. The number of furan rings is 1. The summed E-state index contributed by atoms with van der Waals surface area (Å²) in [6, 6.07) is 3.07. The monoisotopic (exact) mass is 345 g/mol. The summed E-state index contributed by atoms with van der Waals surface area (Å²) < 4.78 is 16.0. The molecule has 2 atom stereocenters. The van der Waals surface area contributed by atoms with Gasteiger partial charge in [-0.25, -0.2) is 4.79 Å². The van der Waals surface area contributed by atoms with Crippen LogP contribution < -0.4 is 0 Å². The average Bonchev–Trinajstić information content (AvgIpc) is 2.81. The number of carbonyl (C=O) groups excluding carboxylic acids is 2. The van der Waals surface area contributed by atoms with Gasteiger partial charge in [0, 0.05) is 13.1 Å². The van der Waals surface area contributed by atoms with Crippen molar-refractivity contribution in [3.05, 3.63) is 22.6 Å². The highest BCUT2D eigenvalue weighted by atomic mass is 79.9. The third kappa shape index (κ3) is 3.83. The highest BCUT2D eigenvalue weighted by molar-refractivity contribution is 9.10. The van der Waals surface area contributed by atoms with Gasteiger partial charge in [0.25, 0.3) is 5.91 Å². The normalized spacial score (nSPS) is 22.6. The largest absolute Gasteiger partial charge is 0.450 e. The van der Waals surface area contributed by atoms with Crippen molar-refractivity contribution < 1.29 is 23.5 Å². The summed E-state index contributed by atoms with van der Waals surface area (Å²) in [5.41, 5.74) is 0. The van der Waals surface area contributed by atoms with Crippen molar-refractivity contribution in [1.29, 1.82) is 0 Å². The molecule has 1 aromatic rings. The molecule has 0 bridgehead atoms. The van der Waals surface area contributed by atoms with Crippen molar-refractivity contribution in [3.63, 3.8) is 0 Å². The van der Waals surface area contributed by atoms with Gasteiger partial charge in [0.15, 0.2) is 11.3 Å². The van der Waals surface area contributed by atoms with Gasteiger partial charge >= 0.3 is 5.97 Å². The quantitative estimate of drug-likeness (QED) is 0.781. The molecule has 0 unspecified atom stereocenters. The zero-order valence-electron chi connectivity index (χ0n) is 11.3. The third-order valence-corrected chi connectivity index (χ3v) is 3.30. The molecule has 1 saturated heterocycles. The van der Waals surface area contributed by atoms with Gasteiger partial charge < -0.3 is 18.8 Å². The van der Waals surface area contributed by atoms with E-state index in [1.165, 1.54) is 6.07 Å². The van der Waals surface area contributed by atoms with Gasteiger partial charge in [-0.15, -0.1) is 0 Å². The van der Waals surface area contributed by atoms with E-state index in [0.717, 1.165) is 0 Å². The molecule has 1 aromatic heterocycles. The molecule has 0 aliphatic carbocycles. The van der Waals surface area contributed by atoms with Gasteiger partial charge in [-0.1, -0.05) is 0 Å². The van der Waals surface area contributed by atoms with E-state index in [4.69, 9.17) is 13.9 Å². The number of halogens is 1. The molecule has 0 aromatic carbocycles. The molecule has 7 heteroatoms. The first-order chi connectivity index (χ1) is 9.45. The Morgan fingerprint density at radius 2 is 2.00 bits per heavy atom. The van der Waals surface area contributed by atoms with Crippen molar-refractivity contribution in [1.82, 2.24) is 4.90 Å². The molecule has 2 heterocycles. The van der Waals surface area contributed by atoms with Crippen LogP contribution >= 0.6 is 15.9 Å². The van der Waals surface area contributed by atoms with Crippen molar-refractivity contribution >= 4 is 27.8 Å². The maximum absolute atomic E-state index is 12.0. The summed E-state index contributed by atoms with van der Waals surface area (Å²) >= 11 is 3.09. The summed E-state index contributed by atoms with van der Waals surface area (Å²) in [7, 11) is 0. The van der Waals surface area contributed by atoms with Gasteiger partial charge in [0.1, 0.15) is 0 Å². The minimum atomic E-state index is -0.654. The first-order valence-electron chi connectivity index (χ1n) is 6.31. The van der Waals surface area contributed by atoms with Crippen LogP contribution in [0.15, 0.2) is 21.2 Å². The van der Waals surface area contributed by atoms with Crippen LogP contribution in [0.3, 0.4) is 0 Å². The van der Waals surface area contributed by atoms with Gasteiger partial charge in [-0.3, -0.25) is 4.79 Å². The molecule has 20 heavy (non-hydrogen) atoms. The SMILES string of the molecule is C[C@@H]1CN(C(=O)COC(=O)c2ccc(Br)o2)C[C@@H](C)O1. The van der Waals surface area contributed by atoms with Crippen LogP contribution in [0, 0.1) is 0 Å². The molecule has 1 fully saturated rings. The predicted molar refractivity (Wildman–Crippen MR) is 73.3 cm³/mol. The molecule has 1 aliphatic heterocycles. The average molecular weight is 346 g/mol. The van der Waals surface area contributed by atoms with Crippen molar-refractivity contribution in [3.8, 4) is 0 Å². The molecule has 1 amide bonds. The second-order valence-electron chi connectivity index (χ2n) is 4.74. The van der Waals surface area contributed by atoms with Gasteiger partial charge in [0.05, 0.1) is 12.2 Å². The summed E-state index contributed by atoms with van der Waals surface area (Å²) in [5, 5.41) is 0. The van der Waals surface area contributed by atoms with Gasteiger partial charge in [0.2, 0.25) is 5.76 Å². The first kappa shape index (κ1) is 15.1. The Labute approximate surface area is 125 Å². The highest BCUT2D eigenvalue weighted by Gasteiger charge is 2.26. The van der Waals surface area contributed by atoms with Crippen LogP contribution in [0.25, 0.3) is 0 Å². The van der Waals surface area contributed by atoms with E-state index in [1.807, 2.05) is 13.8 Å². The second-order valence-corrected chi connectivity index (χ2v) is 5.52. The zero-order chi connectivity index (χ0) is 14.7. The Morgan fingerprint density at radius 1 is 1.35 bits per heavy atom. The summed E-state index contributed by atoms with van der Waals surface area (Å²) in [5.74, 6) is -0.822. The summed E-state index contributed by atoms with van der Waals surface area (Å²) in [4.78, 5) is 25.3. The lowest BCUT2D eigenvalue weighted by Gasteiger charge is -2.35. The molecular formula is C13H16BrNO5. The number of ether oxygens (including phenoxy) is 2. The lowest BCUT2D eigenvalue weighted by atomic mass is 10.2. The van der Waals surface area contributed by atoms with E-state index in [2.05, 4.69) is 15.9 Å². The number of amides is 1. The minimum absolute atomic E-state index is 0.0144. The molecule has 0 N–H and O–H groups in total. The molecule has 0 radical (unpaired) electrons. The number of nitrogens with zero attached hydrogens (tertiary/aromatic N) is 1. The van der Waals surface area contributed by atoms with Crippen LogP contribution in [0.1, 0.15) is 24.4 Å². The van der Waals surface area contributed by atoms with Gasteiger partial charge in [-0.05, 0) is 41.9 Å². The maximum Gasteiger partial charge on any atom is 0.374 e. The van der Waals surface area contributed by atoms with Crippen LogP contribution in [0.4, 0.5) is 0 Å². The molecular weight excluding hydrogens is 330 g/mol. The predicted octanol–water partition coefficient (Wildman–Crippen LogP) is 1.83. The fourth-order valence-electron chi connectivity index (χ4n) is 2.10. The zero-order valence-corrected chi connectivity index (χ0v) is 12.9. The van der Waals surface area contributed by atoms with E-state index in [1.54, 1.807) is 11.0 Å². The Morgan fingerprint density at radius 3 is 2.55 bits per heavy atom. The van der Waals surface area contributed by atoms with E-state index in [0.29, 0.717) is 17.8 Å². The molecule has 6 nitrogen and oxygen atoms in total. The summed E-state index contributed by atoms with van der Waals surface area (Å²) in [6.07, 6.45) is -0.0288. The number of esters is 1. The fourth-order valence-corrected chi connectivity index (χ4v) is 2.40. The fraction of sp³-hybridized carbons (Fsp3) is 0.538. The minimum Gasteiger partial charge on any atom is -0.450 e. The second kappa shape index (κ2) is 6.41. The standard InChI is InChI=1S/C13H16BrNO5/c1-8-5-15(6-9(2)19-8)12(16)7-18-13(17)10-3-4-11(14)20-10/h3-4,8-9H,5-7H2,1-2H3/t8-,9-/m1/s1. The van der Waals surface area contributed by atoms with Gasteiger partial charge in [-0.2, -0.15) is 0 Å². The topological polar surface area (TPSA) is 69.0 Å². The van der Waals surface area contributed by atoms with Crippen LogP contribution in [0.5, 0.6) is 0 Å². The number of hydrogen-bond acceptors (Lipinski definition) is 5. The molecule has 110 valence electrons. The molecule has 0 saturated carbocycles. The smallest absolute Gasteiger partial charge is 0.374 e. The maximum atomic E-state index is 12.0. The van der Waals surface area contributed by atoms with E-state index in [-0.39, 0.29) is 30.5 Å². The highest BCUT2D eigenvalue weighted by Crippen LogP contribution is 2.15. The van der Waals surface area contributed by atoms with E-state index < -0.39 is 5.97 Å². The Kier molecular flexibility index (Phi) is 4.82. The first-order valence-corrected chi connectivity index (χ1v) is 7.10. The number of carbonyl (C=O) groups is 2. The van der Waals surface area contributed by atoms with Crippen LogP contribution in [-0.2, 0) is 14.3 Å². The Balaban J connectivity index is 1.84. The van der Waals surface area contributed by atoms with Crippen LogP contribution in [-0.4, -0.2) is 48.7 Å². The lowest BCUT2D eigenvalue weighted by Crippen LogP contribution is -2.49. The number of morpholine rings is 1. The Hall–Kier alpha value is -1.34.